The molecule has 29 heavy (non-hydrogen) atoms. The van der Waals surface area contributed by atoms with Gasteiger partial charge in [0, 0.05) is 0 Å². The van der Waals surface area contributed by atoms with E-state index in [4.69, 9.17) is 12.2 Å². The van der Waals surface area contributed by atoms with Crippen LogP contribution >= 0.6 is 24.0 Å². The number of carboxylic acids is 2. The molecule has 0 saturated carbocycles. The Kier molecular flexibility index (Phi) is 5.95. The van der Waals surface area contributed by atoms with Gasteiger partial charge >= 0.3 is 0 Å². The summed E-state index contributed by atoms with van der Waals surface area (Å²) in [6.45, 7) is 1.84. The van der Waals surface area contributed by atoms with Crippen LogP contribution in [0, 0.1) is 0 Å². The van der Waals surface area contributed by atoms with E-state index < -0.39 is 17.8 Å². The molecule has 1 aliphatic heterocycles. The number of thioether (sulfide) groups is 1. The Balaban J connectivity index is 1.96. The lowest BCUT2D eigenvalue weighted by Gasteiger charge is -2.18. The van der Waals surface area contributed by atoms with E-state index in [0.29, 0.717) is 4.91 Å². The largest absolute Gasteiger partial charge is 0.545 e. The molecule has 0 bridgehead atoms. The SMILES string of the molecule is CC(=C/c1ccccc1)/C=C1\SC(=S)N(c2cc(C(=O)[O-])cc(C(=O)[O-])c2)C1=O. The van der Waals surface area contributed by atoms with Crippen LogP contribution < -0.4 is 15.1 Å². The van der Waals surface area contributed by atoms with Crippen LogP contribution in [0.3, 0.4) is 0 Å². The van der Waals surface area contributed by atoms with Crippen molar-refractivity contribution in [3.63, 3.8) is 0 Å². The molecule has 8 heteroatoms. The number of carboxylic acid groups (broad SMARTS) is 2. The van der Waals surface area contributed by atoms with E-state index in [-0.39, 0.29) is 21.1 Å². The van der Waals surface area contributed by atoms with E-state index >= 15 is 0 Å². The van der Waals surface area contributed by atoms with Gasteiger partial charge in [0.05, 0.1) is 22.5 Å². The third kappa shape index (κ3) is 4.61. The molecule has 6 nitrogen and oxygen atoms in total. The lowest BCUT2D eigenvalue weighted by atomic mass is 10.1. The summed E-state index contributed by atoms with van der Waals surface area (Å²) < 4.78 is 0.161. The number of anilines is 1. The molecule has 0 radical (unpaired) electrons. The molecule has 1 saturated heterocycles. The minimum Gasteiger partial charge on any atom is -0.545 e. The summed E-state index contributed by atoms with van der Waals surface area (Å²) >= 11 is 6.30. The van der Waals surface area contributed by atoms with Crippen LogP contribution in [0.1, 0.15) is 33.2 Å². The Morgan fingerprint density at radius 2 is 1.62 bits per heavy atom. The quantitative estimate of drug-likeness (QED) is 0.534. The highest BCUT2D eigenvalue weighted by Gasteiger charge is 2.33. The number of nitrogens with zero attached hydrogens (tertiary/aromatic N) is 1. The van der Waals surface area contributed by atoms with E-state index in [2.05, 4.69) is 0 Å². The van der Waals surface area contributed by atoms with Crippen LogP contribution in [0.15, 0.2) is 65.1 Å². The summed E-state index contributed by atoms with van der Waals surface area (Å²) in [5, 5.41) is 22.4. The number of benzene rings is 2. The number of allylic oxidation sites excluding steroid dienone is 2. The first-order valence-corrected chi connectivity index (χ1v) is 9.58. The second kappa shape index (κ2) is 8.42. The molecule has 1 heterocycles. The number of carbonyl (C=O) groups excluding carboxylic acids is 3. The van der Waals surface area contributed by atoms with Crippen molar-refractivity contribution in [1.29, 1.82) is 0 Å². The highest BCUT2D eigenvalue weighted by Crippen LogP contribution is 2.36. The summed E-state index contributed by atoms with van der Waals surface area (Å²) in [4.78, 5) is 36.7. The number of hydrogen-bond donors (Lipinski definition) is 0. The summed E-state index contributed by atoms with van der Waals surface area (Å²) in [6.07, 6.45) is 3.58. The third-order valence-electron chi connectivity index (χ3n) is 3.99. The molecule has 0 unspecified atom stereocenters. The van der Waals surface area contributed by atoms with Gasteiger partial charge in [0.2, 0.25) is 0 Å². The predicted molar refractivity (Wildman–Crippen MR) is 111 cm³/mol. The van der Waals surface area contributed by atoms with Crippen LogP contribution in [-0.4, -0.2) is 22.2 Å². The lowest BCUT2D eigenvalue weighted by Crippen LogP contribution is -2.30. The Bertz CT molecular complexity index is 1060. The Morgan fingerprint density at radius 1 is 1.03 bits per heavy atom. The first-order valence-electron chi connectivity index (χ1n) is 8.35. The number of thiocarbonyl (C=S) groups is 1. The molecular weight excluding hydrogens is 410 g/mol. The normalized spacial score (nSPS) is 15.8. The van der Waals surface area contributed by atoms with Gasteiger partial charge in [0.1, 0.15) is 0 Å². The zero-order valence-corrected chi connectivity index (χ0v) is 16.7. The Labute approximate surface area is 176 Å². The molecule has 3 rings (SSSR count). The summed E-state index contributed by atoms with van der Waals surface area (Å²) in [6, 6.07) is 12.7. The molecule has 146 valence electrons. The van der Waals surface area contributed by atoms with E-state index in [1.165, 1.54) is 0 Å². The third-order valence-corrected chi connectivity index (χ3v) is 5.30. The average molecular weight is 423 g/mol. The van der Waals surface area contributed by atoms with Gasteiger partial charge in [-0.25, -0.2) is 0 Å². The van der Waals surface area contributed by atoms with Crippen LogP contribution in [-0.2, 0) is 4.79 Å². The van der Waals surface area contributed by atoms with Crippen molar-refractivity contribution < 1.29 is 24.6 Å². The van der Waals surface area contributed by atoms with Gasteiger partial charge in [-0.1, -0.05) is 60.4 Å². The number of rotatable bonds is 5. The maximum Gasteiger partial charge on any atom is 0.270 e. The molecule has 0 N–H and O–H groups in total. The fourth-order valence-electron chi connectivity index (χ4n) is 2.73. The molecule has 2 aromatic rings. The van der Waals surface area contributed by atoms with Gasteiger partial charge in [-0.2, -0.15) is 0 Å². The van der Waals surface area contributed by atoms with Gasteiger partial charge in [-0.3, -0.25) is 9.69 Å². The second-order valence-corrected chi connectivity index (χ2v) is 7.84. The molecule has 0 atom stereocenters. The van der Waals surface area contributed by atoms with Crippen LogP contribution in [0.2, 0.25) is 0 Å². The van der Waals surface area contributed by atoms with Crippen LogP contribution in [0.4, 0.5) is 5.69 Å². The second-order valence-electron chi connectivity index (χ2n) is 6.16. The Morgan fingerprint density at radius 3 is 2.17 bits per heavy atom. The van der Waals surface area contributed by atoms with Crippen molar-refractivity contribution in [1.82, 2.24) is 0 Å². The number of aromatic carboxylic acids is 2. The molecule has 1 amide bonds. The zero-order chi connectivity index (χ0) is 21.1. The van der Waals surface area contributed by atoms with Crippen LogP contribution in [0.25, 0.3) is 6.08 Å². The topological polar surface area (TPSA) is 101 Å². The fraction of sp³-hybridized carbons (Fsp3) is 0.0476. The molecule has 0 spiro atoms. The van der Waals surface area contributed by atoms with E-state index in [9.17, 15) is 24.6 Å². The highest BCUT2D eigenvalue weighted by atomic mass is 32.2. The maximum atomic E-state index is 12.9. The molecular formula is C21H13NO5S2-2. The van der Waals surface area contributed by atoms with Gasteiger partial charge < -0.3 is 19.8 Å². The number of carbonyl (C=O) groups is 3. The predicted octanol–water partition coefficient (Wildman–Crippen LogP) is 1.77. The minimum atomic E-state index is -1.57. The van der Waals surface area contributed by atoms with Crippen molar-refractivity contribution in [2.45, 2.75) is 6.92 Å². The molecule has 0 aliphatic carbocycles. The van der Waals surface area contributed by atoms with Gasteiger partial charge in [-0.05, 0) is 53.5 Å². The van der Waals surface area contributed by atoms with Crippen molar-refractivity contribution in [3.05, 3.63) is 81.8 Å². The van der Waals surface area contributed by atoms with Gasteiger partial charge in [0.15, 0.2) is 4.32 Å². The molecule has 2 aromatic carbocycles. The standard InChI is InChI=1S/C21H15NO5S2/c1-12(7-13-5-3-2-4-6-13)8-17-18(23)22(21(28)29-17)16-10-14(19(24)25)9-15(11-16)20(26)27/h2-11H,1H3,(H,24,25)(H,26,27)/p-2/b12-7-,17-8-. The van der Waals surface area contributed by atoms with E-state index in [1.54, 1.807) is 6.08 Å². The fourth-order valence-corrected chi connectivity index (χ4v) is 4.08. The van der Waals surface area contributed by atoms with E-state index in [0.717, 1.165) is 46.0 Å². The Hall–Kier alpha value is -3.23. The number of hydrogen-bond acceptors (Lipinski definition) is 7. The van der Waals surface area contributed by atoms with Crippen LogP contribution in [0.5, 0.6) is 0 Å². The van der Waals surface area contributed by atoms with Gasteiger partial charge in [0.25, 0.3) is 5.91 Å². The van der Waals surface area contributed by atoms with Crippen molar-refractivity contribution in [2.75, 3.05) is 4.90 Å². The molecule has 0 aromatic heterocycles. The molecule has 1 aliphatic rings. The first-order chi connectivity index (χ1) is 13.8. The zero-order valence-electron chi connectivity index (χ0n) is 15.1. The lowest BCUT2D eigenvalue weighted by molar-refractivity contribution is -0.255. The first kappa shape index (κ1) is 20.5. The summed E-state index contributed by atoms with van der Waals surface area (Å²) in [7, 11) is 0. The summed E-state index contributed by atoms with van der Waals surface area (Å²) in [5.74, 6) is -3.62. The minimum absolute atomic E-state index is 0.0292. The molecule has 1 fully saturated rings. The average Bonchev–Trinajstić information content (AvgIpc) is 2.95. The van der Waals surface area contributed by atoms with Crippen molar-refractivity contribution in [2.24, 2.45) is 0 Å². The monoisotopic (exact) mass is 423 g/mol. The van der Waals surface area contributed by atoms with E-state index in [1.807, 2.05) is 43.3 Å². The van der Waals surface area contributed by atoms with Gasteiger partial charge in [-0.15, -0.1) is 0 Å². The van der Waals surface area contributed by atoms with Crippen molar-refractivity contribution in [3.8, 4) is 0 Å². The van der Waals surface area contributed by atoms with Crippen molar-refractivity contribution >= 4 is 57.9 Å². The summed E-state index contributed by atoms with van der Waals surface area (Å²) in [5.41, 5.74) is 1.04. The smallest absolute Gasteiger partial charge is 0.270 e. The number of amides is 1. The maximum absolute atomic E-state index is 12.9. The highest BCUT2D eigenvalue weighted by molar-refractivity contribution is 8.27.